The van der Waals surface area contributed by atoms with Crippen molar-refractivity contribution in [2.75, 3.05) is 26.2 Å². The van der Waals surface area contributed by atoms with Crippen LogP contribution in [0.15, 0.2) is 50.1 Å². The Bertz CT molecular complexity index is 1220. The molecule has 2 aromatic heterocycles. The summed E-state index contributed by atoms with van der Waals surface area (Å²) in [6.07, 6.45) is 2.92. The number of halogens is 1. The third kappa shape index (κ3) is 3.82. The normalized spacial score (nSPS) is 15.9. The molecule has 1 fully saturated rings. The van der Waals surface area contributed by atoms with Gasteiger partial charge in [-0.25, -0.2) is 9.18 Å². The maximum atomic E-state index is 13.3. The quantitative estimate of drug-likeness (QED) is 0.482. The van der Waals surface area contributed by atoms with Gasteiger partial charge in [0.1, 0.15) is 11.6 Å². The largest absolute Gasteiger partial charge is 0.493 e. The van der Waals surface area contributed by atoms with Crippen LogP contribution in [0.1, 0.15) is 30.9 Å². The smallest absolute Gasteiger partial charge is 0.417 e. The fourth-order valence-electron chi connectivity index (χ4n) is 4.15. The van der Waals surface area contributed by atoms with Gasteiger partial charge in [0, 0.05) is 30.0 Å². The number of hydrogen-bond donors (Lipinski definition) is 1. The number of oxazole rings is 1. The zero-order valence-corrected chi connectivity index (χ0v) is 16.4. The highest BCUT2D eigenvalue weighted by Gasteiger charge is 2.24. The minimum absolute atomic E-state index is 0.305. The number of H-pyrrole nitrogens is 1. The van der Waals surface area contributed by atoms with Gasteiger partial charge >= 0.3 is 5.76 Å². The molecule has 30 heavy (non-hydrogen) atoms. The van der Waals surface area contributed by atoms with Crippen molar-refractivity contribution in [2.45, 2.75) is 25.2 Å². The van der Waals surface area contributed by atoms with Crippen LogP contribution < -0.4 is 10.5 Å². The summed E-state index contributed by atoms with van der Waals surface area (Å²) in [5, 5.41) is 5.12. The standard InChI is InChI=1S/C22H22FN3O4/c23-15-2-4-17-20(12-15)30-25-21(17)14-6-9-26(10-7-14)8-1-11-28-16-3-5-19-18(13-16)24-22(27)29-19/h2-5,12-14H,1,6-11H2,(H,24,27). The van der Waals surface area contributed by atoms with Crippen LogP contribution >= 0.6 is 0 Å². The fourth-order valence-corrected chi connectivity index (χ4v) is 4.15. The predicted octanol–water partition coefficient (Wildman–Crippen LogP) is 4.05. The van der Waals surface area contributed by atoms with Crippen molar-refractivity contribution in [1.82, 2.24) is 15.0 Å². The van der Waals surface area contributed by atoms with Crippen LogP contribution in [-0.4, -0.2) is 41.3 Å². The molecule has 1 aliphatic rings. The fraction of sp³-hybridized carbons (Fsp3) is 0.364. The third-order valence-electron chi connectivity index (χ3n) is 5.71. The summed E-state index contributed by atoms with van der Waals surface area (Å²) in [5.41, 5.74) is 2.63. The monoisotopic (exact) mass is 411 g/mol. The van der Waals surface area contributed by atoms with Crippen LogP contribution in [0, 0.1) is 5.82 Å². The zero-order valence-electron chi connectivity index (χ0n) is 16.4. The number of fused-ring (bicyclic) bond motifs is 2. The van der Waals surface area contributed by atoms with Gasteiger partial charge in [-0.15, -0.1) is 0 Å². The predicted molar refractivity (Wildman–Crippen MR) is 109 cm³/mol. The van der Waals surface area contributed by atoms with Gasteiger partial charge < -0.3 is 18.6 Å². The van der Waals surface area contributed by atoms with E-state index in [0.717, 1.165) is 50.0 Å². The first-order chi connectivity index (χ1) is 14.7. The van der Waals surface area contributed by atoms with Crippen molar-refractivity contribution >= 4 is 22.1 Å². The van der Waals surface area contributed by atoms with Gasteiger partial charge in [0.05, 0.1) is 17.8 Å². The van der Waals surface area contributed by atoms with E-state index in [1.165, 1.54) is 12.1 Å². The number of aromatic nitrogens is 2. The second kappa shape index (κ2) is 7.95. The molecule has 0 saturated carbocycles. The molecule has 1 N–H and O–H groups in total. The van der Waals surface area contributed by atoms with E-state index in [4.69, 9.17) is 13.7 Å². The highest BCUT2D eigenvalue weighted by atomic mass is 19.1. The van der Waals surface area contributed by atoms with Crippen LogP contribution in [0.3, 0.4) is 0 Å². The molecule has 8 heteroatoms. The minimum Gasteiger partial charge on any atom is -0.493 e. The molecule has 0 bridgehead atoms. The zero-order chi connectivity index (χ0) is 20.5. The topological polar surface area (TPSA) is 84.5 Å². The summed E-state index contributed by atoms with van der Waals surface area (Å²) in [6.45, 7) is 3.54. The van der Waals surface area contributed by atoms with Gasteiger partial charge in [-0.05, 0) is 56.6 Å². The van der Waals surface area contributed by atoms with E-state index in [1.54, 1.807) is 24.3 Å². The molecule has 156 valence electrons. The molecule has 1 saturated heterocycles. The summed E-state index contributed by atoms with van der Waals surface area (Å²) in [6, 6.07) is 9.92. The Kier molecular flexibility index (Phi) is 5.00. The molecule has 7 nitrogen and oxygen atoms in total. The maximum Gasteiger partial charge on any atom is 0.417 e. The molecular formula is C22H22FN3O4. The molecule has 0 spiro atoms. The minimum atomic E-state index is -0.462. The van der Waals surface area contributed by atoms with Gasteiger partial charge in [-0.1, -0.05) is 5.16 Å². The van der Waals surface area contributed by atoms with Crippen molar-refractivity contribution in [1.29, 1.82) is 0 Å². The Morgan fingerprint density at radius 1 is 1.17 bits per heavy atom. The molecule has 0 amide bonds. The van der Waals surface area contributed by atoms with Crippen molar-refractivity contribution in [3.05, 3.63) is 58.5 Å². The van der Waals surface area contributed by atoms with Gasteiger partial charge in [0.2, 0.25) is 0 Å². The Morgan fingerprint density at radius 2 is 2.03 bits per heavy atom. The lowest BCUT2D eigenvalue weighted by Crippen LogP contribution is -2.34. The van der Waals surface area contributed by atoms with Crippen molar-refractivity contribution < 1.29 is 18.1 Å². The summed E-state index contributed by atoms with van der Waals surface area (Å²) in [7, 11) is 0. The second-order valence-corrected chi connectivity index (χ2v) is 7.70. The van der Waals surface area contributed by atoms with Crippen LogP contribution in [-0.2, 0) is 0 Å². The lowest BCUT2D eigenvalue weighted by Gasteiger charge is -2.31. The molecular weight excluding hydrogens is 389 g/mol. The summed E-state index contributed by atoms with van der Waals surface area (Å²) in [5.74, 6) is 0.289. The van der Waals surface area contributed by atoms with E-state index >= 15 is 0 Å². The highest BCUT2D eigenvalue weighted by Crippen LogP contribution is 2.32. The number of rotatable bonds is 6. The Labute approximate surface area is 171 Å². The van der Waals surface area contributed by atoms with Gasteiger partial charge in [-0.3, -0.25) is 4.98 Å². The van der Waals surface area contributed by atoms with Crippen LogP contribution in [0.5, 0.6) is 5.75 Å². The Morgan fingerprint density at radius 3 is 2.90 bits per heavy atom. The first-order valence-corrected chi connectivity index (χ1v) is 10.2. The van der Waals surface area contributed by atoms with Crippen molar-refractivity contribution in [3.8, 4) is 5.75 Å². The molecule has 0 aliphatic carbocycles. The molecule has 3 heterocycles. The first kappa shape index (κ1) is 18.9. The highest BCUT2D eigenvalue weighted by molar-refractivity contribution is 5.80. The number of nitrogens with one attached hydrogen (secondary N) is 1. The molecule has 0 atom stereocenters. The van der Waals surface area contributed by atoms with Gasteiger partial charge in [0.25, 0.3) is 0 Å². The van der Waals surface area contributed by atoms with Crippen LogP contribution in [0.25, 0.3) is 22.1 Å². The van der Waals surface area contributed by atoms with E-state index < -0.39 is 5.76 Å². The molecule has 4 aromatic rings. The average Bonchev–Trinajstić information content (AvgIpc) is 3.33. The van der Waals surface area contributed by atoms with Crippen molar-refractivity contribution in [2.24, 2.45) is 0 Å². The molecule has 1 aliphatic heterocycles. The number of piperidine rings is 1. The molecule has 0 unspecified atom stereocenters. The van der Waals surface area contributed by atoms with Gasteiger partial charge in [-0.2, -0.15) is 0 Å². The first-order valence-electron chi connectivity index (χ1n) is 10.2. The summed E-state index contributed by atoms with van der Waals surface area (Å²) in [4.78, 5) is 16.3. The van der Waals surface area contributed by atoms with E-state index in [1.807, 2.05) is 0 Å². The number of likely N-dealkylation sites (tertiary alicyclic amines) is 1. The van der Waals surface area contributed by atoms with Crippen molar-refractivity contribution in [3.63, 3.8) is 0 Å². The number of aromatic amines is 1. The van der Waals surface area contributed by atoms with Crippen LogP contribution in [0.4, 0.5) is 4.39 Å². The Balaban J connectivity index is 1.10. The summed E-state index contributed by atoms with van der Waals surface area (Å²) >= 11 is 0. The number of ether oxygens (including phenoxy) is 1. The van der Waals surface area contributed by atoms with Crippen LogP contribution in [0.2, 0.25) is 0 Å². The Hall–Kier alpha value is -3.13. The second-order valence-electron chi connectivity index (χ2n) is 7.70. The van der Waals surface area contributed by atoms with E-state index in [-0.39, 0.29) is 5.82 Å². The van der Waals surface area contributed by atoms with E-state index in [2.05, 4.69) is 15.0 Å². The van der Waals surface area contributed by atoms with E-state index in [0.29, 0.717) is 35.0 Å². The van der Waals surface area contributed by atoms with Gasteiger partial charge in [0.15, 0.2) is 11.2 Å². The third-order valence-corrected chi connectivity index (χ3v) is 5.71. The average molecular weight is 411 g/mol. The SMILES string of the molecule is O=c1[nH]c2cc(OCCCN3CCC(c4noc5cc(F)ccc45)CC3)ccc2o1. The number of benzene rings is 2. The maximum absolute atomic E-state index is 13.3. The lowest BCUT2D eigenvalue weighted by atomic mass is 9.91. The van der Waals surface area contributed by atoms with E-state index in [9.17, 15) is 9.18 Å². The molecule has 2 aromatic carbocycles. The lowest BCUT2D eigenvalue weighted by molar-refractivity contribution is 0.191. The number of hydrogen-bond acceptors (Lipinski definition) is 6. The molecule has 0 radical (unpaired) electrons. The number of nitrogens with zero attached hydrogens (tertiary/aromatic N) is 2. The molecule has 5 rings (SSSR count). The summed E-state index contributed by atoms with van der Waals surface area (Å²) < 4.78 is 29.5.